The summed E-state index contributed by atoms with van der Waals surface area (Å²) in [6.07, 6.45) is 3.27. The molecular weight excluding hydrogens is 254 g/mol. The number of hydrogen-bond donors (Lipinski definition) is 2. The summed E-state index contributed by atoms with van der Waals surface area (Å²) >= 11 is 0. The molecule has 0 aliphatic rings. The summed E-state index contributed by atoms with van der Waals surface area (Å²) in [4.78, 5) is 15.8. The monoisotopic (exact) mass is 279 g/mol. The fraction of sp³-hybridized carbons (Fsp3) is 0.600. The number of aryl methyl sites for hydroxylation is 1. The third-order valence-electron chi connectivity index (χ3n) is 3.14. The topological polar surface area (TPSA) is 63.2 Å². The number of aromatic nitrogens is 1. The molecule has 5 nitrogen and oxygen atoms in total. The SMILES string of the molecule is CCCNC(=O)CCNCc1ncc(C)c(OC)c1C. The van der Waals surface area contributed by atoms with E-state index >= 15 is 0 Å². The van der Waals surface area contributed by atoms with Crippen LogP contribution in [0.5, 0.6) is 5.75 Å². The molecule has 112 valence electrons. The average molecular weight is 279 g/mol. The van der Waals surface area contributed by atoms with E-state index in [4.69, 9.17) is 4.74 Å². The maximum atomic E-state index is 11.4. The van der Waals surface area contributed by atoms with Gasteiger partial charge < -0.3 is 15.4 Å². The van der Waals surface area contributed by atoms with Gasteiger partial charge in [0, 0.05) is 43.4 Å². The number of ether oxygens (including phenoxy) is 1. The van der Waals surface area contributed by atoms with Crippen LogP contribution in [0.15, 0.2) is 6.20 Å². The van der Waals surface area contributed by atoms with Crippen molar-refractivity contribution in [2.24, 2.45) is 0 Å². The first-order chi connectivity index (χ1) is 9.60. The van der Waals surface area contributed by atoms with E-state index < -0.39 is 0 Å². The lowest BCUT2D eigenvalue weighted by Gasteiger charge is -2.12. The molecular formula is C15H25N3O2. The second kappa shape index (κ2) is 8.53. The molecule has 2 N–H and O–H groups in total. The third kappa shape index (κ3) is 4.81. The first-order valence-corrected chi connectivity index (χ1v) is 7.06. The van der Waals surface area contributed by atoms with Gasteiger partial charge in [-0.3, -0.25) is 9.78 Å². The molecule has 0 aliphatic heterocycles. The summed E-state index contributed by atoms with van der Waals surface area (Å²) in [7, 11) is 1.67. The van der Waals surface area contributed by atoms with Crippen LogP contribution in [0.1, 0.15) is 36.6 Å². The van der Waals surface area contributed by atoms with Crippen LogP contribution in [0.4, 0.5) is 0 Å². The highest BCUT2D eigenvalue weighted by Crippen LogP contribution is 2.23. The minimum atomic E-state index is 0.0884. The number of hydrogen-bond acceptors (Lipinski definition) is 4. The first kappa shape index (κ1) is 16.4. The van der Waals surface area contributed by atoms with Gasteiger partial charge in [-0.25, -0.2) is 0 Å². The van der Waals surface area contributed by atoms with Gasteiger partial charge in [-0.2, -0.15) is 0 Å². The van der Waals surface area contributed by atoms with Crippen molar-refractivity contribution >= 4 is 5.91 Å². The number of rotatable bonds is 8. The lowest BCUT2D eigenvalue weighted by molar-refractivity contribution is -0.120. The van der Waals surface area contributed by atoms with E-state index in [9.17, 15) is 4.79 Å². The molecule has 1 amide bonds. The van der Waals surface area contributed by atoms with E-state index in [0.29, 0.717) is 19.5 Å². The Morgan fingerprint density at radius 3 is 2.75 bits per heavy atom. The largest absolute Gasteiger partial charge is 0.496 e. The molecule has 0 saturated heterocycles. The lowest BCUT2D eigenvalue weighted by atomic mass is 10.1. The van der Waals surface area contributed by atoms with Crippen LogP contribution < -0.4 is 15.4 Å². The Morgan fingerprint density at radius 2 is 2.10 bits per heavy atom. The predicted octanol–water partition coefficient (Wildman–Crippen LogP) is 1.71. The summed E-state index contributed by atoms with van der Waals surface area (Å²) in [5, 5.41) is 6.10. The molecule has 0 fully saturated rings. The average Bonchev–Trinajstić information content (AvgIpc) is 2.44. The van der Waals surface area contributed by atoms with Gasteiger partial charge in [0.05, 0.1) is 12.8 Å². The number of carbonyl (C=O) groups excluding carboxylic acids is 1. The van der Waals surface area contributed by atoms with E-state index in [0.717, 1.165) is 35.5 Å². The van der Waals surface area contributed by atoms with Crippen LogP contribution in [0.2, 0.25) is 0 Å². The molecule has 1 rings (SSSR count). The minimum absolute atomic E-state index is 0.0884. The van der Waals surface area contributed by atoms with Crippen molar-refractivity contribution in [3.63, 3.8) is 0 Å². The molecule has 0 spiro atoms. The van der Waals surface area contributed by atoms with Gasteiger partial charge in [0.1, 0.15) is 5.75 Å². The van der Waals surface area contributed by atoms with Gasteiger partial charge >= 0.3 is 0 Å². The van der Waals surface area contributed by atoms with Crippen molar-refractivity contribution in [2.45, 2.75) is 40.2 Å². The van der Waals surface area contributed by atoms with Crippen LogP contribution in [-0.4, -0.2) is 31.1 Å². The van der Waals surface area contributed by atoms with Gasteiger partial charge in [-0.1, -0.05) is 6.92 Å². The molecule has 1 aromatic rings. The number of nitrogens with zero attached hydrogens (tertiary/aromatic N) is 1. The fourth-order valence-electron chi connectivity index (χ4n) is 2.01. The minimum Gasteiger partial charge on any atom is -0.496 e. The molecule has 20 heavy (non-hydrogen) atoms. The molecule has 0 atom stereocenters. The third-order valence-corrected chi connectivity index (χ3v) is 3.14. The molecule has 0 aromatic carbocycles. The fourth-order valence-corrected chi connectivity index (χ4v) is 2.01. The van der Waals surface area contributed by atoms with E-state index in [1.165, 1.54) is 0 Å². The second-order valence-electron chi connectivity index (χ2n) is 4.82. The number of methoxy groups -OCH3 is 1. The zero-order valence-corrected chi connectivity index (χ0v) is 12.9. The number of amides is 1. The first-order valence-electron chi connectivity index (χ1n) is 7.06. The van der Waals surface area contributed by atoms with Gasteiger partial charge in [-0.05, 0) is 20.3 Å². The van der Waals surface area contributed by atoms with Gasteiger partial charge in [0.25, 0.3) is 0 Å². The van der Waals surface area contributed by atoms with Crippen LogP contribution in [0.3, 0.4) is 0 Å². The summed E-state index contributed by atoms with van der Waals surface area (Å²) in [5.41, 5.74) is 3.05. The van der Waals surface area contributed by atoms with Crippen molar-refractivity contribution in [2.75, 3.05) is 20.2 Å². The molecule has 0 radical (unpaired) electrons. The highest BCUT2D eigenvalue weighted by Gasteiger charge is 2.09. The van der Waals surface area contributed by atoms with Crippen molar-refractivity contribution in [3.8, 4) is 5.75 Å². The summed E-state index contributed by atoms with van der Waals surface area (Å²) < 4.78 is 5.37. The molecule has 0 unspecified atom stereocenters. The Labute approximate surface area is 121 Å². The van der Waals surface area contributed by atoms with Gasteiger partial charge in [0.15, 0.2) is 0 Å². The molecule has 1 heterocycles. The van der Waals surface area contributed by atoms with E-state index in [2.05, 4.69) is 15.6 Å². The van der Waals surface area contributed by atoms with Gasteiger partial charge in [0.2, 0.25) is 5.91 Å². The summed E-state index contributed by atoms with van der Waals surface area (Å²) in [6.45, 7) is 8.06. The van der Waals surface area contributed by atoms with E-state index in [1.807, 2.05) is 27.0 Å². The van der Waals surface area contributed by atoms with Gasteiger partial charge in [-0.15, -0.1) is 0 Å². The zero-order chi connectivity index (χ0) is 15.0. The maximum Gasteiger partial charge on any atom is 0.221 e. The molecule has 5 heteroatoms. The molecule has 0 bridgehead atoms. The Balaban J connectivity index is 2.41. The van der Waals surface area contributed by atoms with Crippen molar-refractivity contribution in [1.29, 1.82) is 0 Å². The number of carbonyl (C=O) groups is 1. The second-order valence-corrected chi connectivity index (χ2v) is 4.82. The number of nitrogens with one attached hydrogen (secondary N) is 2. The zero-order valence-electron chi connectivity index (χ0n) is 12.9. The summed E-state index contributed by atoms with van der Waals surface area (Å²) in [5.74, 6) is 0.975. The highest BCUT2D eigenvalue weighted by molar-refractivity contribution is 5.75. The summed E-state index contributed by atoms with van der Waals surface area (Å²) in [6, 6.07) is 0. The van der Waals surface area contributed by atoms with E-state index in [-0.39, 0.29) is 5.91 Å². The van der Waals surface area contributed by atoms with Crippen molar-refractivity contribution < 1.29 is 9.53 Å². The Bertz CT molecular complexity index is 447. The smallest absolute Gasteiger partial charge is 0.221 e. The van der Waals surface area contributed by atoms with Crippen LogP contribution in [0.25, 0.3) is 0 Å². The number of pyridine rings is 1. The van der Waals surface area contributed by atoms with Crippen LogP contribution >= 0.6 is 0 Å². The normalized spacial score (nSPS) is 10.4. The predicted molar refractivity (Wildman–Crippen MR) is 79.9 cm³/mol. The molecule has 1 aromatic heterocycles. The quantitative estimate of drug-likeness (QED) is 0.711. The lowest BCUT2D eigenvalue weighted by Crippen LogP contribution is -2.28. The maximum absolute atomic E-state index is 11.4. The highest BCUT2D eigenvalue weighted by atomic mass is 16.5. The standard InChI is InChI=1S/C15H25N3O2/c1-5-7-17-14(19)6-8-16-10-13-12(3)15(20-4)11(2)9-18-13/h9,16H,5-8,10H2,1-4H3,(H,17,19). The van der Waals surface area contributed by atoms with Crippen molar-refractivity contribution in [1.82, 2.24) is 15.6 Å². The Hall–Kier alpha value is -1.62. The Morgan fingerprint density at radius 1 is 1.35 bits per heavy atom. The van der Waals surface area contributed by atoms with Crippen LogP contribution in [-0.2, 0) is 11.3 Å². The van der Waals surface area contributed by atoms with Crippen LogP contribution in [0, 0.1) is 13.8 Å². The molecule has 0 saturated carbocycles. The Kier molecular flexibility index (Phi) is 7.01. The van der Waals surface area contributed by atoms with Crippen molar-refractivity contribution in [3.05, 3.63) is 23.0 Å². The van der Waals surface area contributed by atoms with E-state index in [1.54, 1.807) is 7.11 Å². The molecule has 0 aliphatic carbocycles.